The van der Waals surface area contributed by atoms with Gasteiger partial charge >= 0.3 is 0 Å². The molecule has 0 saturated carbocycles. The molecular weight excluding hydrogens is 324 g/mol. The first-order valence-corrected chi connectivity index (χ1v) is 9.06. The third-order valence-electron chi connectivity index (χ3n) is 5.35. The van der Waals surface area contributed by atoms with E-state index < -0.39 is 0 Å². The fourth-order valence-corrected chi connectivity index (χ4v) is 4.29. The van der Waals surface area contributed by atoms with E-state index in [9.17, 15) is 4.79 Å². The summed E-state index contributed by atoms with van der Waals surface area (Å²) in [5.41, 5.74) is 2.95. The standard InChI is InChI=1S/C21H20N4O/c1-12-10-17-19(18(26)11-12)20(25-21(23-17)22-13(2)24-25)16-9-5-7-14-6-3-4-8-15(14)16/h3-9,12,20H,10-11H2,1-2H3,(H,22,23,24)/t12-,20-/m0/s1. The Morgan fingerprint density at radius 2 is 1.92 bits per heavy atom. The molecular formula is C21H20N4O. The highest BCUT2D eigenvalue weighted by molar-refractivity contribution is 6.00. The maximum absolute atomic E-state index is 13.0. The highest BCUT2D eigenvalue weighted by atomic mass is 16.1. The normalized spacial score (nSPS) is 22.2. The lowest BCUT2D eigenvalue weighted by molar-refractivity contribution is -0.117. The minimum atomic E-state index is -0.228. The van der Waals surface area contributed by atoms with Crippen LogP contribution in [0, 0.1) is 12.8 Å². The van der Waals surface area contributed by atoms with Crippen LogP contribution in [0.5, 0.6) is 0 Å². The number of fused-ring (bicyclic) bond motifs is 2. The van der Waals surface area contributed by atoms with Gasteiger partial charge in [0, 0.05) is 17.7 Å². The molecule has 0 amide bonds. The summed E-state index contributed by atoms with van der Waals surface area (Å²) in [5, 5.41) is 10.3. The first-order chi connectivity index (χ1) is 12.6. The lowest BCUT2D eigenvalue weighted by Crippen LogP contribution is -2.33. The quantitative estimate of drug-likeness (QED) is 0.725. The summed E-state index contributed by atoms with van der Waals surface area (Å²) in [4.78, 5) is 17.6. The van der Waals surface area contributed by atoms with E-state index in [1.54, 1.807) is 0 Å². The van der Waals surface area contributed by atoms with E-state index in [1.807, 2.05) is 23.7 Å². The lowest BCUT2D eigenvalue weighted by atomic mass is 9.80. The van der Waals surface area contributed by atoms with Crippen molar-refractivity contribution in [2.45, 2.75) is 32.7 Å². The molecule has 1 aromatic heterocycles. The maximum atomic E-state index is 13.0. The zero-order valence-corrected chi connectivity index (χ0v) is 14.9. The molecule has 0 spiro atoms. The SMILES string of the molecule is Cc1nc2n(n1)[C@@H](c1cccc3ccccc13)C1=C(C[C@H](C)CC1=O)N2. The van der Waals surface area contributed by atoms with Crippen LogP contribution in [0.15, 0.2) is 53.7 Å². The molecule has 1 N–H and O–H groups in total. The van der Waals surface area contributed by atoms with Crippen LogP contribution in [0.1, 0.15) is 37.2 Å². The fraction of sp³-hybridized carbons (Fsp3) is 0.286. The number of Topliss-reactive ketones (excluding diaryl/α,β-unsaturated/α-hetero) is 1. The number of nitrogens with zero attached hydrogens (tertiary/aromatic N) is 3. The fourth-order valence-electron chi connectivity index (χ4n) is 4.29. The van der Waals surface area contributed by atoms with Crippen molar-refractivity contribution in [1.82, 2.24) is 14.8 Å². The van der Waals surface area contributed by atoms with Gasteiger partial charge in [0.25, 0.3) is 0 Å². The molecule has 2 heterocycles. The Balaban J connectivity index is 1.80. The molecule has 5 nitrogen and oxygen atoms in total. The Morgan fingerprint density at radius 1 is 1.12 bits per heavy atom. The first-order valence-electron chi connectivity index (χ1n) is 9.06. The van der Waals surface area contributed by atoms with Gasteiger partial charge in [-0.25, -0.2) is 4.68 Å². The summed E-state index contributed by atoms with van der Waals surface area (Å²) in [6.07, 6.45) is 1.46. The number of benzene rings is 2. The highest BCUT2D eigenvalue weighted by Gasteiger charge is 2.38. The average molecular weight is 344 g/mol. The van der Waals surface area contributed by atoms with E-state index >= 15 is 0 Å². The molecule has 3 aromatic rings. The zero-order valence-electron chi connectivity index (χ0n) is 14.9. The number of allylic oxidation sites excluding steroid dienone is 2. The molecule has 5 heteroatoms. The lowest BCUT2D eigenvalue weighted by Gasteiger charge is -2.34. The van der Waals surface area contributed by atoms with Crippen molar-refractivity contribution in [3.63, 3.8) is 0 Å². The van der Waals surface area contributed by atoms with Gasteiger partial charge in [0.1, 0.15) is 11.9 Å². The molecule has 0 unspecified atom stereocenters. The van der Waals surface area contributed by atoms with Crippen LogP contribution >= 0.6 is 0 Å². The van der Waals surface area contributed by atoms with E-state index in [0.29, 0.717) is 18.2 Å². The van der Waals surface area contributed by atoms with Gasteiger partial charge in [-0.05, 0) is 35.6 Å². The highest BCUT2D eigenvalue weighted by Crippen LogP contribution is 2.42. The van der Waals surface area contributed by atoms with E-state index in [4.69, 9.17) is 0 Å². The second-order valence-corrected chi connectivity index (χ2v) is 7.35. The molecule has 2 atom stereocenters. The van der Waals surface area contributed by atoms with E-state index in [2.05, 4.69) is 52.7 Å². The second kappa shape index (κ2) is 5.53. The number of hydrogen-bond acceptors (Lipinski definition) is 4. The third kappa shape index (κ3) is 2.20. The average Bonchev–Trinajstić information content (AvgIpc) is 2.99. The van der Waals surface area contributed by atoms with Gasteiger partial charge in [0.2, 0.25) is 5.95 Å². The van der Waals surface area contributed by atoms with Crippen LogP contribution in [0.3, 0.4) is 0 Å². The molecule has 1 aliphatic heterocycles. The maximum Gasteiger partial charge on any atom is 0.226 e. The first kappa shape index (κ1) is 15.3. The smallest absolute Gasteiger partial charge is 0.226 e. The molecule has 0 saturated heterocycles. The van der Waals surface area contributed by atoms with Crippen molar-refractivity contribution in [3.05, 3.63) is 65.1 Å². The number of anilines is 1. The topological polar surface area (TPSA) is 59.8 Å². The van der Waals surface area contributed by atoms with Crippen molar-refractivity contribution in [3.8, 4) is 0 Å². The summed E-state index contributed by atoms with van der Waals surface area (Å²) in [6.45, 7) is 4.01. The minimum Gasteiger partial charge on any atom is -0.328 e. The van der Waals surface area contributed by atoms with Crippen LogP contribution in [0.25, 0.3) is 10.8 Å². The summed E-state index contributed by atoms with van der Waals surface area (Å²) < 4.78 is 1.88. The summed E-state index contributed by atoms with van der Waals surface area (Å²) in [7, 11) is 0. The predicted molar refractivity (Wildman–Crippen MR) is 101 cm³/mol. The van der Waals surface area contributed by atoms with Gasteiger partial charge in [0.15, 0.2) is 5.78 Å². The molecule has 2 aromatic carbocycles. The van der Waals surface area contributed by atoms with E-state index in [-0.39, 0.29) is 11.8 Å². The number of hydrogen-bond donors (Lipinski definition) is 1. The molecule has 0 bridgehead atoms. The van der Waals surface area contributed by atoms with Crippen molar-refractivity contribution in [2.24, 2.45) is 5.92 Å². The number of aryl methyl sites for hydroxylation is 1. The summed E-state index contributed by atoms with van der Waals surface area (Å²) >= 11 is 0. The molecule has 1 aliphatic carbocycles. The molecule has 130 valence electrons. The number of carbonyl (C=O) groups excluding carboxylic acids is 1. The Kier molecular flexibility index (Phi) is 3.26. The van der Waals surface area contributed by atoms with Crippen molar-refractivity contribution in [1.29, 1.82) is 0 Å². The van der Waals surface area contributed by atoms with Crippen molar-refractivity contribution in [2.75, 3.05) is 5.32 Å². The number of ketones is 1. The number of nitrogens with one attached hydrogen (secondary N) is 1. The molecule has 5 rings (SSSR count). The number of rotatable bonds is 1. The van der Waals surface area contributed by atoms with E-state index in [0.717, 1.165) is 34.6 Å². The number of carbonyl (C=O) groups is 1. The molecule has 2 aliphatic rings. The monoisotopic (exact) mass is 344 g/mol. The minimum absolute atomic E-state index is 0.211. The molecule has 0 fully saturated rings. The van der Waals surface area contributed by atoms with Gasteiger partial charge in [-0.2, -0.15) is 10.1 Å². The van der Waals surface area contributed by atoms with Crippen LogP contribution in [0.2, 0.25) is 0 Å². The Morgan fingerprint density at radius 3 is 2.81 bits per heavy atom. The van der Waals surface area contributed by atoms with Crippen LogP contribution < -0.4 is 5.32 Å². The van der Waals surface area contributed by atoms with Crippen molar-refractivity contribution >= 4 is 22.5 Å². The Hall–Kier alpha value is -2.95. The zero-order chi connectivity index (χ0) is 17.8. The van der Waals surface area contributed by atoms with E-state index in [1.165, 1.54) is 5.39 Å². The van der Waals surface area contributed by atoms with Crippen LogP contribution in [-0.2, 0) is 4.79 Å². The van der Waals surface area contributed by atoms with Crippen LogP contribution in [-0.4, -0.2) is 20.5 Å². The van der Waals surface area contributed by atoms with Gasteiger partial charge in [0.05, 0.1) is 0 Å². The van der Waals surface area contributed by atoms with Gasteiger partial charge in [-0.1, -0.05) is 49.4 Å². The molecule has 26 heavy (non-hydrogen) atoms. The summed E-state index contributed by atoms with van der Waals surface area (Å²) in [6, 6.07) is 14.3. The predicted octanol–water partition coefficient (Wildman–Crippen LogP) is 4.01. The Labute approximate surface area is 151 Å². The third-order valence-corrected chi connectivity index (χ3v) is 5.35. The Bertz CT molecular complexity index is 1070. The van der Waals surface area contributed by atoms with Crippen molar-refractivity contribution < 1.29 is 4.79 Å². The van der Waals surface area contributed by atoms with Gasteiger partial charge in [-0.3, -0.25) is 4.79 Å². The van der Waals surface area contributed by atoms with Crippen LogP contribution in [0.4, 0.5) is 5.95 Å². The second-order valence-electron chi connectivity index (χ2n) is 7.35. The molecule has 0 radical (unpaired) electrons. The summed E-state index contributed by atoms with van der Waals surface area (Å²) in [5.74, 6) is 1.99. The number of aromatic nitrogens is 3. The van der Waals surface area contributed by atoms with Gasteiger partial charge in [-0.15, -0.1) is 0 Å². The van der Waals surface area contributed by atoms with Gasteiger partial charge < -0.3 is 5.32 Å². The largest absolute Gasteiger partial charge is 0.328 e.